The van der Waals surface area contributed by atoms with E-state index >= 15 is 0 Å². The Kier molecular flexibility index (Phi) is 6.28. The van der Waals surface area contributed by atoms with E-state index in [1.165, 1.54) is 22.8 Å². The van der Waals surface area contributed by atoms with Gasteiger partial charge in [0.05, 0.1) is 26.8 Å². The van der Waals surface area contributed by atoms with Gasteiger partial charge < -0.3 is 19.6 Å². The molecule has 3 heterocycles. The van der Waals surface area contributed by atoms with Crippen LogP contribution in [0.5, 0.6) is 0 Å². The van der Waals surface area contributed by atoms with Gasteiger partial charge in [0.25, 0.3) is 0 Å². The SMILES string of the molecule is Cl.Cn1c([N+](=O)[O-])cnc1/C=N/N1CC(CN2CCOCC2)OC1=O. The highest BCUT2D eigenvalue weighted by Gasteiger charge is 2.33. The minimum atomic E-state index is -0.535. The first-order valence-corrected chi connectivity index (χ1v) is 7.53. The van der Waals surface area contributed by atoms with Gasteiger partial charge in [-0.1, -0.05) is 0 Å². The Morgan fingerprint density at radius 1 is 1.48 bits per heavy atom. The summed E-state index contributed by atoms with van der Waals surface area (Å²) in [4.78, 5) is 28.2. The van der Waals surface area contributed by atoms with Crippen molar-refractivity contribution in [1.29, 1.82) is 0 Å². The predicted molar refractivity (Wildman–Crippen MR) is 88.9 cm³/mol. The summed E-state index contributed by atoms with van der Waals surface area (Å²) in [5.74, 6) is 0.136. The topological polar surface area (TPSA) is 115 Å². The third-order valence-corrected chi connectivity index (χ3v) is 3.92. The molecule has 2 saturated heterocycles. The number of hydrogen-bond acceptors (Lipinski definition) is 8. The lowest BCUT2D eigenvalue weighted by molar-refractivity contribution is -0.391. The first-order chi connectivity index (χ1) is 11.5. The molecule has 2 aliphatic heterocycles. The molecule has 0 aromatic carbocycles. The van der Waals surface area contributed by atoms with Crippen molar-refractivity contribution in [2.24, 2.45) is 12.1 Å². The van der Waals surface area contributed by atoms with Crippen LogP contribution >= 0.6 is 12.4 Å². The lowest BCUT2D eigenvalue weighted by Crippen LogP contribution is -2.41. The van der Waals surface area contributed by atoms with Crippen LogP contribution in [0.2, 0.25) is 0 Å². The third kappa shape index (κ3) is 4.44. The van der Waals surface area contributed by atoms with Gasteiger partial charge in [-0.25, -0.2) is 14.3 Å². The van der Waals surface area contributed by atoms with Gasteiger partial charge in [-0.2, -0.15) is 10.1 Å². The van der Waals surface area contributed by atoms with Gasteiger partial charge in [-0.15, -0.1) is 12.4 Å². The second kappa shape index (κ2) is 8.23. The van der Waals surface area contributed by atoms with Gasteiger partial charge in [-0.05, 0) is 4.92 Å². The molecular formula is C13H19ClN6O5. The summed E-state index contributed by atoms with van der Waals surface area (Å²) in [7, 11) is 1.51. The van der Waals surface area contributed by atoms with Crippen molar-refractivity contribution >= 4 is 30.5 Å². The van der Waals surface area contributed by atoms with Gasteiger partial charge in [-0.3, -0.25) is 4.90 Å². The number of aromatic nitrogens is 2. The van der Waals surface area contributed by atoms with E-state index in [9.17, 15) is 14.9 Å². The third-order valence-electron chi connectivity index (χ3n) is 3.92. The molecule has 2 fully saturated rings. The number of hydrogen-bond donors (Lipinski definition) is 0. The van der Waals surface area contributed by atoms with Crippen molar-refractivity contribution in [3.05, 3.63) is 22.1 Å². The molecule has 25 heavy (non-hydrogen) atoms. The molecule has 138 valence electrons. The van der Waals surface area contributed by atoms with Gasteiger partial charge in [0.1, 0.15) is 18.5 Å². The molecule has 0 spiro atoms. The molecular weight excluding hydrogens is 356 g/mol. The first kappa shape index (κ1) is 19.1. The van der Waals surface area contributed by atoms with E-state index in [-0.39, 0.29) is 30.2 Å². The van der Waals surface area contributed by atoms with E-state index < -0.39 is 11.0 Å². The van der Waals surface area contributed by atoms with E-state index in [2.05, 4.69) is 15.0 Å². The number of imidazole rings is 1. The summed E-state index contributed by atoms with van der Waals surface area (Å²) in [6.45, 7) is 3.96. The summed E-state index contributed by atoms with van der Waals surface area (Å²) in [6.07, 6.45) is 1.66. The Hall–Kier alpha value is -2.24. The van der Waals surface area contributed by atoms with Crippen LogP contribution in [0.25, 0.3) is 0 Å². The van der Waals surface area contributed by atoms with Crippen LogP contribution in [-0.4, -0.2) is 82.2 Å². The molecule has 1 unspecified atom stereocenters. The zero-order chi connectivity index (χ0) is 17.1. The molecule has 1 amide bonds. The average Bonchev–Trinajstić information content (AvgIpc) is 3.09. The van der Waals surface area contributed by atoms with Crippen molar-refractivity contribution in [3.8, 4) is 0 Å². The van der Waals surface area contributed by atoms with Crippen LogP contribution in [0.4, 0.5) is 10.6 Å². The fourth-order valence-electron chi connectivity index (χ4n) is 2.59. The van der Waals surface area contributed by atoms with Gasteiger partial charge in [0.2, 0.25) is 5.82 Å². The normalized spacial score (nSPS) is 21.4. The van der Waals surface area contributed by atoms with Crippen molar-refractivity contribution in [2.75, 3.05) is 39.4 Å². The van der Waals surface area contributed by atoms with Crippen LogP contribution in [0.1, 0.15) is 5.82 Å². The Morgan fingerprint density at radius 2 is 2.20 bits per heavy atom. The molecule has 0 bridgehead atoms. The second-order valence-electron chi connectivity index (χ2n) is 5.54. The number of amides is 1. The summed E-state index contributed by atoms with van der Waals surface area (Å²) < 4.78 is 11.9. The van der Waals surface area contributed by atoms with Crippen molar-refractivity contribution in [3.63, 3.8) is 0 Å². The van der Waals surface area contributed by atoms with Gasteiger partial charge >= 0.3 is 11.9 Å². The summed E-state index contributed by atoms with van der Waals surface area (Å²) in [5, 5.41) is 16.0. The number of cyclic esters (lactones) is 1. The van der Waals surface area contributed by atoms with E-state index in [4.69, 9.17) is 9.47 Å². The quantitative estimate of drug-likeness (QED) is 0.411. The van der Waals surface area contributed by atoms with E-state index in [1.807, 2.05) is 0 Å². The largest absolute Gasteiger partial charge is 0.441 e. The van der Waals surface area contributed by atoms with Crippen molar-refractivity contribution < 1.29 is 19.2 Å². The summed E-state index contributed by atoms with van der Waals surface area (Å²) in [5.41, 5.74) is 0. The summed E-state index contributed by atoms with van der Waals surface area (Å²) >= 11 is 0. The molecule has 0 aliphatic carbocycles. The molecule has 2 aliphatic rings. The number of rotatable bonds is 5. The number of ether oxygens (including phenoxy) is 2. The monoisotopic (exact) mass is 374 g/mol. The maximum atomic E-state index is 11.9. The van der Waals surface area contributed by atoms with Crippen LogP contribution < -0.4 is 0 Å². The molecule has 1 atom stereocenters. The standard InChI is InChI=1S/C13H18N6O5.ClH/c1-16-11(14-7-12(16)19(21)22)6-15-18-9-10(24-13(18)20)8-17-2-4-23-5-3-17;/h6-7,10H,2-5,8-9H2,1H3;1H/b15-6+;. The highest BCUT2D eigenvalue weighted by molar-refractivity contribution is 5.85. The van der Waals surface area contributed by atoms with Crippen molar-refractivity contribution in [2.45, 2.75) is 6.10 Å². The van der Waals surface area contributed by atoms with E-state index in [1.54, 1.807) is 0 Å². The number of carbonyl (C=O) groups excluding carboxylic acids is 1. The van der Waals surface area contributed by atoms with Crippen molar-refractivity contribution in [1.82, 2.24) is 19.5 Å². The Balaban J connectivity index is 0.00000225. The predicted octanol–water partition coefficient (Wildman–Crippen LogP) is 0.237. The fraction of sp³-hybridized carbons (Fsp3) is 0.615. The molecule has 0 N–H and O–H groups in total. The minimum Gasteiger partial charge on any atom is -0.441 e. The van der Waals surface area contributed by atoms with E-state index in [0.29, 0.717) is 26.3 Å². The van der Waals surface area contributed by atoms with Crippen LogP contribution in [0, 0.1) is 10.1 Å². The molecule has 3 rings (SSSR count). The Labute approximate surface area is 149 Å². The van der Waals surface area contributed by atoms with E-state index in [0.717, 1.165) is 19.3 Å². The lowest BCUT2D eigenvalue weighted by Gasteiger charge is -2.27. The number of carbonyl (C=O) groups is 1. The minimum absolute atomic E-state index is 0. The molecule has 11 nitrogen and oxygen atoms in total. The first-order valence-electron chi connectivity index (χ1n) is 7.53. The van der Waals surface area contributed by atoms with Crippen LogP contribution in [0.15, 0.2) is 11.3 Å². The fourth-order valence-corrected chi connectivity index (χ4v) is 2.59. The number of morpholine rings is 1. The second-order valence-corrected chi connectivity index (χ2v) is 5.54. The van der Waals surface area contributed by atoms with Crippen LogP contribution in [-0.2, 0) is 16.5 Å². The number of nitro groups is 1. The maximum absolute atomic E-state index is 11.9. The number of nitrogens with zero attached hydrogens (tertiary/aromatic N) is 6. The molecule has 0 radical (unpaired) electrons. The Morgan fingerprint density at radius 3 is 2.84 bits per heavy atom. The zero-order valence-electron chi connectivity index (χ0n) is 13.6. The molecule has 1 aromatic heterocycles. The number of hydrazone groups is 1. The highest BCUT2D eigenvalue weighted by atomic mass is 35.5. The number of halogens is 1. The smallest absolute Gasteiger partial charge is 0.430 e. The maximum Gasteiger partial charge on any atom is 0.430 e. The molecule has 0 saturated carbocycles. The average molecular weight is 375 g/mol. The molecule has 12 heteroatoms. The molecule has 1 aromatic rings. The highest BCUT2D eigenvalue weighted by Crippen LogP contribution is 2.15. The lowest BCUT2D eigenvalue weighted by atomic mass is 10.3. The van der Waals surface area contributed by atoms with Gasteiger partial charge in [0.15, 0.2) is 0 Å². The van der Waals surface area contributed by atoms with Gasteiger partial charge in [0, 0.05) is 19.6 Å². The summed E-state index contributed by atoms with van der Waals surface area (Å²) in [6, 6.07) is 0. The van der Waals surface area contributed by atoms with Crippen LogP contribution in [0.3, 0.4) is 0 Å². The zero-order valence-corrected chi connectivity index (χ0v) is 14.4. The Bertz CT molecular complexity index is 659.